The van der Waals surface area contributed by atoms with Crippen LogP contribution < -0.4 is 10.1 Å². The summed E-state index contributed by atoms with van der Waals surface area (Å²) in [6.07, 6.45) is 1.51. The number of Topliss-reactive ketones (excluding diaryl/α,β-unsaturated/α-hetero) is 1. The Morgan fingerprint density at radius 1 is 1.14 bits per heavy atom. The summed E-state index contributed by atoms with van der Waals surface area (Å²) in [6.45, 7) is 3.92. The number of allylic oxidation sites excluding steroid dienone is 3. The fourth-order valence-corrected chi connectivity index (χ4v) is 4.85. The molecule has 4 rings (SSSR count). The van der Waals surface area contributed by atoms with Crippen molar-refractivity contribution in [3.63, 3.8) is 0 Å². The van der Waals surface area contributed by atoms with Crippen molar-refractivity contribution in [3.8, 4) is 5.75 Å². The maximum atomic E-state index is 13.6. The first-order valence-corrected chi connectivity index (χ1v) is 11.6. The van der Waals surface area contributed by atoms with Gasteiger partial charge in [0.15, 0.2) is 5.78 Å². The number of hydrogen-bond donors (Lipinski definition) is 1. The molecule has 2 aromatic rings. The third-order valence-corrected chi connectivity index (χ3v) is 6.49. The number of ether oxygens (including phenoxy) is 2. The van der Waals surface area contributed by atoms with Crippen LogP contribution in [0.25, 0.3) is 0 Å². The number of nitrogens with zero attached hydrogens (tertiary/aromatic N) is 1. The number of ketones is 1. The summed E-state index contributed by atoms with van der Waals surface area (Å²) in [7, 11) is 1.61. The molecule has 2 aromatic carbocycles. The van der Waals surface area contributed by atoms with Crippen molar-refractivity contribution in [1.29, 1.82) is 0 Å². The van der Waals surface area contributed by atoms with E-state index in [1.54, 1.807) is 26.2 Å². The number of esters is 1. The second-order valence-electron chi connectivity index (χ2n) is 8.78. The molecule has 0 radical (unpaired) electrons. The van der Waals surface area contributed by atoms with E-state index in [0.717, 1.165) is 17.0 Å². The molecule has 2 aliphatic rings. The number of carbonyl (C=O) groups is 2. The molecule has 0 amide bonds. The zero-order valence-electron chi connectivity index (χ0n) is 20.0. The van der Waals surface area contributed by atoms with E-state index in [0.29, 0.717) is 35.2 Å². The zero-order chi connectivity index (χ0) is 25.1. The van der Waals surface area contributed by atoms with Crippen molar-refractivity contribution in [2.45, 2.75) is 44.9 Å². The van der Waals surface area contributed by atoms with Crippen LogP contribution in [-0.4, -0.2) is 30.4 Å². The normalized spacial score (nSPS) is 19.7. The van der Waals surface area contributed by atoms with Gasteiger partial charge in [0.05, 0.1) is 24.2 Å². The van der Waals surface area contributed by atoms with Crippen molar-refractivity contribution in [3.05, 3.63) is 92.3 Å². The molecule has 1 N–H and O–H groups in total. The third kappa shape index (κ3) is 4.82. The molecular weight excluding hydrogens is 448 g/mol. The number of methoxy groups -OCH3 is 1. The monoisotopic (exact) mass is 476 g/mol. The summed E-state index contributed by atoms with van der Waals surface area (Å²) in [5.74, 6) is -0.646. The van der Waals surface area contributed by atoms with E-state index in [4.69, 9.17) is 9.47 Å². The Hall–Kier alpha value is -3.94. The van der Waals surface area contributed by atoms with Crippen LogP contribution in [0.4, 0.5) is 5.69 Å². The Morgan fingerprint density at radius 2 is 1.89 bits per heavy atom. The Labute approximate surface area is 203 Å². The van der Waals surface area contributed by atoms with Crippen molar-refractivity contribution in [2.75, 3.05) is 13.7 Å². The zero-order valence-corrected chi connectivity index (χ0v) is 20.0. The number of benzene rings is 2. The van der Waals surface area contributed by atoms with Gasteiger partial charge in [-0.3, -0.25) is 14.9 Å². The number of rotatable bonds is 7. The summed E-state index contributed by atoms with van der Waals surface area (Å²) < 4.78 is 10.7. The van der Waals surface area contributed by atoms with Gasteiger partial charge in [-0.1, -0.05) is 31.2 Å². The molecule has 0 fully saturated rings. The average Bonchev–Trinajstić information content (AvgIpc) is 2.86. The van der Waals surface area contributed by atoms with E-state index in [9.17, 15) is 19.7 Å². The molecule has 0 unspecified atom stereocenters. The van der Waals surface area contributed by atoms with Crippen LogP contribution in [0.1, 0.15) is 56.1 Å². The minimum Gasteiger partial charge on any atom is -0.497 e. The highest BCUT2D eigenvalue weighted by atomic mass is 16.6. The van der Waals surface area contributed by atoms with E-state index < -0.39 is 16.8 Å². The molecular formula is C27H28N2O6. The minimum absolute atomic E-state index is 0.0354. The first-order chi connectivity index (χ1) is 16.8. The summed E-state index contributed by atoms with van der Waals surface area (Å²) in [5, 5.41) is 14.7. The molecule has 1 aliphatic heterocycles. The summed E-state index contributed by atoms with van der Waals surface area (Å²) in [6, 6.07) is 13.8. The van der Waals surface area contributed by atoms with Crippen LogP contribution in [0.15, 0.2) is 71.1 Å². The van der Waals surface area contributed by atoms with Crippen molar-refractivity contribution >= 4 is 17.4 Å². The van der Waals surface area contributed by atoms with Crippen LogP contribution in [-0.2, 0) is 14.3 Å². The number of nitrogens with one attached hydrogen (secondary N) is 1. The predicted molar refractivity (Wildman–Crippen MR) is 130 cm³/mol. The van der Waals surface area contributed by atoms with Gasteiger partial charge in [-0.25, -0.2) is 4.79 Å². The van der Waals surface area contributed by atoms with Crippen molar-refractivity contribution in [2.24, 2.45) is 0 Å². The van der Waals surface area contributed by atoms with Gasteiger partial charge in [-0.15, -0.1) is 0 Å². The van der Waals surface area contributed by atoms with Crippen molar-refractivity contribution in [1.82, 2.24) is 5.32 Å². The van der Waals surface area contributed by atoms with E-state index in [-0.39, 0.29) is 30.4 Å². The summed E-state index contributed by atoms with van der Waals surface area (Å²) >= 11 is 0. The fourth-order valence-electron chi connectivity index (χ4n) is 4.85. The Balaban J connectivity index is 1.78. The summed E-state index contributed by atoms with van der Waals surface area (Å²) in [4.78, 5) is 37.7. The molecule has 0 spiro atoms. The van der Waals surface area contributed by atoms with Crippen LogP contribution >= 0.6 is 0 Å². The van der Waals surface area contributed by atoms with E-state index in [1.165, 1.54) is 12.1 Å². The lowest BCUT2D eigenvalue weighted by Crippen LogP contribution is -2.36. The van der Waals surface area contributed by atoms with Crippen LogP contribution in [0.2, 0.25) is 0 Å². The Kier molecular flexibility index (Phi) is 7.00. The van der Waals surface area contributed by atoms with E-state index in [1.807, 2.05) is 31.2 Å². The van der Waals surface area contributed by atoms with Gasteiger partial charge >= 0.3 is 5.97 Å². The Morgan fingerprint density at radius 3 is 2.54 bits per heavy atom. The van der Waals surface area contributed by atoms with Gasteiger partial charge in [0, 0.05) is 41.4 Å². The molecule has 8 nitrogen and oxygen atoms in total. The number of hydrogen-bond acceptors (Lipinski definition) is 7. The number of nitro groups is 1. The number of dihydropyridines is 1. The lowest BCUT2D eigenvalue weighted by atomic mass is 9.71. The van der Waals surface area contributed by atoms with Crippen molar-refractivity contribution < 1.29 is 24.0 Å². The van der Waals surface area contributed by atoms with Gasteiger partial charge < -0.3 is 14.8 Å². The lowest BCUT2D eigenvalue weighted by molar-refractivity contribution is -0.384. The molecule has 1 aliphatic carbocycles. The van der Waals surface area contributed by atoms with Crippen LogP contribution in [0, 0.1) is 10.1 Å². The topological polar surface area (TPSA) is 108 Å². The molecule has 8 heteroatoms. The quantitative estimate of drug-likeness (QED) is 0.343. The smallest absolute Gasteiger partial charge is 0.336 e. The van der Waals surface area contributed by atoms with E-state index >= 15 is 0 Å². The summed E-state index contributed by atoms with van der Waals surface area (Å²) in [5.41, 5.74) is 3.56. The minimum atomic E-state index is -0.736. The number of non-ortho nitro benzene ring substituents is 1. The molecule has 0 bridgehead atoms. The first-order valence-electron chi connectivity index (χ1n) is 11.6. The first kappa shape index (κ1) is 24.2. The molecule has 0 saturated heterocycles. The second kappa shape index (κ2) is 10.1. The predicted octanol–water partition coefficient (Wildman–Crippen LogP) is 4.92. The average molecular weight is 477 g/mol. The molecule has 2 atom stereocenters. The SMILES string of the molecule is CCCOC(=O)C1=C(C)NC2=C(C(=O)C[C@H](c3ccc(OC)cc3)C2)[C@H]1c1cccc([N+](=O)[O-])c1. The highest BCUT2D eigenvalue weighted by molar-refractivity contribution is 6.04. The molecule has 0 saturated carbocycles. The molecule has 182 valence electrons. The maximum absolute atomic E-state index is 13.6. The van der Waals surface area contributed by atoms with Crippen LogP contribution in [0.5, 0.6) is 5.75 Å². The highest BCUT2D eigenvalue weighted by Gasteiger charge is 2.41. The fraction of sp³-hybridized carbons (Fsp3) is 0.333. The number of carbonyl (C=O) groups excluding carboxylic acids is 2. The van der Waals surface area contributed by atoms with Gasteiger partial charge in [-0.05, 0) is 48.9 Å². The van der Waals surface area contributed by atoms with Gasteiger partial charge in [-0.2, -0.15) is 0 Å². The van der Waals surface area contributed by atoms with Gasteiger partial charge in [0.25, 0.3) is 5.69 Å². The van der Waals surface area contributed by atoms with Gasteiger partial charge in [0.1, 0.15) is 5.75 Å². The maximum Gasteiger partial charge on any atom is 0.336 e. The Bertz CT molecular complexity index is 1230. The second-order valence-corrected chi connectivity index (χ2v) is 8.78. The molecule has 1 heterocycles. The van der Waals surface area contributed by atoms with Crippen LogP contribution in [0.3, 0.4) is 0 Å². The molecule has 35 heavy (non-hydrogen) atoms. The molecule has 0 aromatic heterocycles. The number of nitro benzene ring substituents is 1. The lowest BCUT2D eigenvalue weighted by Gasteiger charge is -2.36. The largest absolute Gasteiger partial charge is 0.497 e. The van der Waals surface area contributed by atoms with E-state index in [2.05, 4.69) is 5.32 Å². The highest BCUT2D eigenvalue weighted by Crippen LogP contribution is 2.46. The van der Waals surface area contributed by atoms with Gasteiger partial charge in [0.2, 0.25) is 0 Å². The standard InChI is InChI=1S/C27H28N2O6/c1-4-12-35-27(31)24-16(2)28-22-14-19(17-8-10-21(34-3)11-9-17)15-23(30)26(22)25(24)18-6-5-7-20(13-18)29(32)33/h5-11,13,19,25,28H,4,12,14-15H2,1-3H3/t19-,25+/m1/s1. The third-order valence-electron chi connectivity index (χ3n) is 6.49.